The Morgan fingerprint density at radius 3 is 2.22 bits per heavy atom. The highest BCUT2D eigenvalue weighted by atomic mass is 16.3. The van der Waals surface area contributed by atoms with E-state index in [1.165, 1.54) is 32.1 Å². The van der Waals surface area contributed by atoms with E-state index in [1.807, 2.05) is 6.92 Å². The molecule has 3 nitrogen and oxygen atoms in total. The summed E-state index contributed by atoms with van der Waals surface area (Å²) in [5.74, 6) is 0.0821. The van der Waals surface area contributed by atoms with Crippen molar-refractivity contribution in [3.05, 3.63) is 0 Å². The van der Waals surface area contributed by atoms with E-state index in [2.05, 4.69) is 12.2 Å². The van der Waals surface area contributed by atoms with E-state index in [9.17, 15) is 9.90 Å². The lowest BCUT2D eigenvalue weighted by Gasteiger charge is -2.10. The number of rotatable bonds is 12. The molecule has 0 saturated heterocycles. The first-order valence-corrected chi connectivity index (χ1v) is 7.65. The van der Waals surface area contributed by atoms with Crippen LogP contribution in [0.25, 0.3) is 0 Å². The maximum Gasteiger partial charge on any atom is 0.220 e. The van der Waals surface area contributed by atoms with Crippen molar-refractivity contribution in [2.24, 2.45) is 0 Å². The molecule has 0 aromatic carbocycles. The molecule has 0 aliphatic carbocycles. The molecule has 1 unspecified atom stereocenters. The van der Waals surface area contributed by atoms with E-state index in [-0.39, 0.29) is 12.0 Å². The van der Waals surface area contributed by atoms with Gasteiger partial charge in [0, 0.05) is 13.0 Å². The molecule has 0 fully saturated rings. The van der Waals surface area contributed by atoms with Gasteiger partial charge in [0.2, 0.25) is 5.91 Å². The number of nitrogens with one attached hydrogen (secondary N) is 1. The van der Waals surface area contributed by atoms with Crippen LogP contribution in [0.4, 0.5) is 0 Å². The lowest BCUT2D eigenvalue weighted by atomic mass is 10.1. The van der Waals surface area contributed by atoms with Gasteiger partial charge in [-0.05, 0) is 12.8 Å². The number of unbranched alkanes of at least 4 members (excludes halogenated alkanes) is 6. The summed E-state index contributed by atoms with van der Waals surface area (Å²) in [7, 11) is 0. The van der Waals surface area contributed by atoms with Crippen molar-refractivity contribution < 1.29 is 9.90 Å². The van der Waals surface area contributed by atoms with Gasteiger partial charge in [-0.25, -0.2) is 0 Å². The fourth-order valence-electron chi connectivity index (χ4n) is 2.00. The zero-order valence-electron chi connectivity index (χ0n) is 12.2. The summed E-state index contributed by atoms with van der Waals surface area (Å²) < 4.78 is 0. The molecule has 0 bridgehead atoms. The molecule has 1 atom stereocenters. The van der Waals surface area contributed by atoms with Gasteiger partial charge in [-0.15, -0.1) is 0 Å². The first kappa shape index (κ1) is 17.4. The molecule has 3 heteroatoms. The molecule has 0 heterocycles. The quantitative estimate of drug-likeness (QED) is 0.526. The molecule has 0 aromatic rings. The Hall–Kier alpha value is -0.570. The van der Waals surface area contributed by atoms with Crippen LogP contribution in [0, 0.1) is 0 Å². The SMILES string of the molecule is CCCCCCCCCC(=O)NCC(O)CCC. The maximum atomic E-state index is 11.5. The second kappa shape index (κ2) is 12.9. The highest BCUT2D eigenvalue weighted by Gasteiger charge is 2.05. The number of carbonyl (C=O) groups is 1. The minimum Gasteiger partial charge on any atom is -0.391 e. The zero-order valence-corrected chi connectivity index (χ0v) is 12.2. The molecular weight excluding hydrogens is 226 g/mol. The minimum atomic E-state index is -0.381. The highest BCUT2D eigenvalue weighted by Crippen LogP contribution is 2.08. The minimum absolute atomic E-state index is 0.0821. The number of aliphatic hydroxyl groups is 1. The van der Waals surface area contributed by atoms with Crippen molar-refractivity contribution in [3.8, 4) is 0 Å². The summed E-state index contributed by atoms with van der Waals surface area (Å²) >= 11 is 0. The van der Waals surface area contributed by atoms with Gasteiger partial charge in [-0.3, -0.25) is 4.79 Å². The summed E-state index contributed by atoms with van der Waals surface area (Å²) in [5.41, 5.74) is 0. The lowest BCUT2D eigenvalue weighted by Crippen LogP contribution is -2.31. The molecule has 1 amide bonds. The van der Waals surface area contributed by atoms with Crippen LogP contribution in [-0.4, -0.2) is 23.7 Å². The van der Waals surface area contributed by atoms with Gasteiger partial charge in [-0.2, -0.15) is 0 Å². The number of amides is 1. The average Bonchev–Trinajstić information content (AvgIpc) is 2.35. The van der Waals surface area contributed by atoms with Crippen LogP contribution in [0.2, 0.25) is 0 Å². The van der Waals surface area contributed by atoms with Crippen LogP contribution in [0.15, 0.2) is 0 Å². The van der Waals surface area contributed by atoms with Crippen LogP contribution in [0.5, 0.6) is 0 Å². The smallest absolute Gasteiger partial charge is 0.220 e. The van der Waals surface area contributed by atoms with Gasteiger partial charge in [0.15, 0.2) is 0 Å². The zero-order chi connectivity index (χ0) is 13.6. The van der Waals surface area contributed by atoms with E-state index in [0.29, 0.717) is 13.0 Å². The second-order valence-electron chi connectivity index (χ2n) is 5.12. The molecule has 2 N–H and O–H groups in total. The Labute approximate surface area is 112 Å². The fraction of sp³-hybridized carbons (Fsp3) is 0.933. The van der Waals surface area contributed by atoms with Crippen molar-refractivity contribution in [2.45, 2.75) is 84.2 Å². The standard InChI is InChI=1S/C15H31NO2/c1-3-5-6-7-8-9-10-12-15(18)16-13-14(17)11-4-2/h14,17H,3-13H2,1-2H3,(H,16,18). The van der Waals surface area contributed by atoms with E-state index in [0.717, 1.165) is 25.7 Å². The summed E-state index contributed by atoms with van der Waals surface area (Å²) in [6, 6.07) is 0. The van der Waals surface area contributed by atoms with Crippen LogP contribution in [0.1, 0.15) is 78.1 Å². The third-order valence-corrected chi connectivity index (χ3v) is 3.16. The monoisotopic (exact) mass is 257 g/mol. The summed E-state index contributed by atoms with van der Waals surface area (Å²) in [6.07, 6.45) is 10.5. The van der Waals surface area contributed by atoms with Gasteiger partial charge in [-0.1, -0.05) is 58.8 Å². The molecule has 18 heavy (non-hydrogen) atoms. The van der Waals surface area contributed by atoms with Gasteiger partial charge in [0.1, 0.15) is 0 Å². The number of carbonyl (C=O) groups excluding carboxylic acids is 1. The van der Waals surface area contributed by atoms with Crippen molar-refractivity contribution in [2.75, 3.05) is 6.54 Å². The van der Waals surface area contributed by atoms with Crippen molar-refractivity contribution in [1.29, 1.82) is 0 Å². The molecule has 0 radical (unpaired) electrons. The Morgan fingerprint density at radius 1 is 1.00 bits per heavy atom. The van der Waals surface area contributed by atoms with Gasteiger partial charge in [0.05, 0.1) is 6.10 Å². The van der Waals surface area contributed by atoms with Crippen molar-refractivity contribution in [1.82, 2.24) is 5.32 Å². The normalized spacial score (nSPS) is 12.4. The first-order chi connectivity index (χ1) is 8.70. The largest absolute Gasteiger partial charge is 0.391 e. The Kier molecular flexibility index (Phi) is 12.5. The summed E-state index contributed by atoms with van der Waals surface area (Å²) in [4.78, 5) is 11.5. The Balaban J connectivity index is 3.26. The summed E-state index contributed by atoms with van der Waals surface area (Å²) in [6.45, 7) is 4.66. The summed E-state index contributed by atoms with van der Waals surface area (Å²) in [5, 5.41) is 12.3. The van der Waals surface area contributed by atoms with Crippen molar-refractivity contribution in [3.63, 3.8) is 0 Å². The van der Waals surface area contributed by atoms with Crippen LogP contribution in [0.3, 0.4) is 0 Å². The predicted molar refractivity (Wildman–Crippen MR) is 76.5 cm³/mol. The number of hydrogen-bond acceptors (Lipinski definition) is 2. The second-order valence-corrected chi connectivity index (χ2v) is 5.12. The molecule has 0 aromatic heterocycles. The van der Waals surface area contributed by atoms with Gasteiger partial charge >= 0.3 is 0 Å². The molecule has 0 rings (SSSR count). The van der Waals surface area contributed by atoms with Crippen LogP contribution < -0.4 is 5.32 Å². The fourth-order valence-corrected chi connectivity index (χ4v) is 2.00. The lowest BCUT2D eigenvalue weighted by molar-refractivity contribution is -0.121. The third-order valence-electron chi connectivity index (χ3n) is 3.16. The van der Waals surface area contributed by atoms with Crippen LogP contribution >= 0.6 is 0 Å². The van der Waals surface area contributed by atoms with E-state index < -0.39 is 0 Å². The number of aliphatic hydroxyl groups excluding tert-OH is 1. The molecule has 0 aliphatic rings. The van der Waals surface area contributed by atoms with E-state index in [1.54, 1.807) is 0 Å². The molecular formula is C15H31NO2. The van der Waals surface area contributed by atoms with E-state index >= 15 is 0 Å². The van der Waals surface area contributed by atoms with Gasteiger partial charge < -0.3 is 10.4 Å². The van der Waals surface area contributed by atoms with Gasteiger partial charge in [0.25, 0.3) is 0 Å². The average molecular weight is 257 g/mol. The first-order valence-electron chi connectivity index (χ1n) is 7.65. The molecule has 0 spiro atoms. The molecule has 0 saturated carbocycles. The highest BCUT2D eigenvalue weighted by molar-refractivity contribution is 5.75. The Morgan fingerprint density at radius 2 is 1.61 bits per heavy atom. The number of hydrogen-bond donors (Lipinski definition) is 2. The third kappa shape index (κ3) is 11.9. The van der Waals surface area contributed by atoms with Crippen LogP contribution in [-0.2, 0) is 4.79 Å². The molecule has 108 valence electrons. The molecule has 0 aliphatic heterocycles. The topological polar surface area (TPSA) is 49.3 Å². The predicted octanol–water partition coefficient (Wildman–Crippen LogP) is 3.40. The maximum absolute atomic E-state index is 11.5. The van der Waals surface area contributed by atoms with E-state index in [4.69, 9.17) is 0 Å². The van der Waals surface area contributed by atoms with Crippen molar-refractivity contribution >= 4 is 5.91 Å². The Bertz CT molecular complexity index is 195.